The van der Waals surface area contributed by atoms with E-state index in [2.05, 4.69) is 35.9 Å². The number of hydrogen-bond donors (Lipinski definition) is 1. The largest absolute Gasteiger partial charge is 0.497 e. The summed E-state index contributed by atoms with van der Waals surface area (Å²) in [7, 11) is 1.69. The summed E-state index contributed by atoms with van der Waals surface area (Å²) in [6, 6.07) is 8.51. The normalized spacial score (nSPS) is 11.1. The number of benzene rings is 1. The zero-order chi connectivity index (χ0) is 14.5. The molecule has 0 spiro atoms. The molecule has 0 saturated heterocycles. The Morgan fingerprint density at radius 2 is 2.10 bits per heavy atom. The molecule has 2 rings (SSSR count). The maximum Gasteiger partial charge on any atom is 0.136 e. The first-order valence-corrected chi connectivity index (χ1v) is 7.07. The van der Waals surface area contributed by atoms with Crippen molar-refractivity contribution in [3.8, 4) is 5.75 Å². The molecule has 0 unspecified atom stereocenters. The minimum Gasteiger partial charge on any atom is -0.497 e. The fourth-order valence-corrected chi connectivity index (χ4v) is 2.36. The molecule has 4 heteroatoms. The van der Waals surface area contributed by atoms with E-state index >= 15 is 0 Å². The van der Waals surface area contributed by atoms with Gasteiger partial charge in [-0.15, -0.1) is 0 Å². The molecule has 108 valence electrons. The fraction of sp³-hybridized carbons (Fsp3) is 0.438. The van der Waals surface area contributed by atoms with Crippen LogP contribution in [0.4, 0.5) is 5.82 Å². The van der Waals surface area contributed by atoms with E-state index in [1.54, 1.807) is 7.11 Å². The lowest BCUT2D eigenvalue weighted by molar-refractivity contribution is 0.415. The molecule has 1 heterocycles. The highest BCUT2D eigenvalue weighted by atomic mass is 16.5. The third-order valence-corrected chi connectivity index (χ3v) is 3.45. The number of fused-ring (bicyclic) bond motifs is 1. The summed E-state index contributed by atoms with van der Waals surface area (Å²) < 4.78 is 5.33. The van der Waals surface area contributed by atoms with E-state index < -0.39 is 0 Å². The van der Waals surface area contributed by atoms with Crippen molar-refractivity contribution >= 4 is 16.6 Å². The second kappa shape index (κ2) is 6.57. The van der Waals surface area contributed by atoms with Gasteiger partial charge in [0.05, 0.1) is 7.11 Å². The van der Waals surface area contributed by atoms with Crippen molar-refractivity contribution in [2.75, 3.05) is 25.1 Å². The first kappa shape index (κ1) is 14.6. The van der Waals surface area contributed by atoms with Crippen LogP contribution in [-0.4, -0.2) is 31.2 Å². The Morgan fingerprint density at radius 1 is 1.30 bits per heavy atom. The van der Waals surface area contributed by atoms with Gasteiger partial charge < -0.3 is 15.4 Å². The third kappa shape index (κ3) is 3.02. The molecule has 1 aromatic heterocycles. The third-order valence-electron chi connectivity index (χ3n) is 3.45. The second-order valence-electron chi connectivity index (χ2n) is 5.15. The first-order chi connectivity index (χ1) is 9.67. The molecule has 20 heavy (non-hydrogen) atoms. The summed E-state index contributed by atoms with van der Waals surface area (Å²) in [5.74, 6) is 1.86. The van der Waals surface area contributed by atoms with E-state index in [0.29, 0.717) is 12.6 Å². The highest BCUT2D eigenvalue weighted by molar-refractivity contribution is 5.93. The van der Waals surface area contributed by atoms with Crippen molar-refractivity contribution in [3.63, 3.8) is 0 Å². The molecule has 0 aliphatic heterocycles. The van der Waals surface area contributed by atoms with Crippen LogP contribution < -0.4 is 15.4 Å². The van der Waals surface area contributed by atoms with Crippen molar-refractivity contribution in [2.45, 2.75) is 26.3 Å². The van der Waals surface area contributed by atoms with Gasteiger partial charge in [0.25, 0.3) is 0 Å². The second-order valence-corrected chi connectivity index (χ2v) is 5.15. The number of hydrogen-bond acceptors (Lipinski definition) is 4. The van der Waals surface area contributed by atoms with E-state index in [9.17, 15) is 0 Å². The van der Waals surface area contributed by atoms with Crippen LogP contribution in [0.15, 0.2) is 30.5 Å². The molecule has 0 atom stereocenters. The number of rotatable bonds is 6. The van der Waals surface area contributed by atoms with Gasteiger partial charge in [-0.2, -0.15) is 0 Å². The van der Waals surface area contributed by atoms with Crippen molar-refractivity contribution in [2.24, 2.45) is 5.73 Å². The van der Waals surface area contributed by atoms with Crippen LogP contribution in [0.3, 0.4) is 0 Å². The Hall–Kier alpha value is -1.81. The van der Waals surface area contributed by atoms with Gasteiger partial charge in [-0.05, 0) is 50.4 Å². The van der Waals surface area contributed by atoms with Crippen LogP contribution >= 0.6 is 0 Å². The highest BCUT2D eigenvalue weighted by Gasteiger charge is 2.14. The molecule has 1 aromatic carbocycles. The fourth-order valence-electron chi connectivity index (χ4n) is 2.36. The zero-order valence-electron chi connectivity index (χ0n) is 12.5. The number of nitrogens with two attached hydrogens (primary N) is 1. The lowest BCUT2D eigenvalue weighted by Crippen LogP contribution is -2.33. The molecule has 0 amide bonds. The Kier molecular flexibility index (Phi) is 4.79. The van der Waals surface area contributed by atoms with Crippen LogP contribution in [0.5, 0.6) is 5.75 Å². The van der Waals surface area contributed by atoms with Crippen molar-refractivity contribution in [1.29, 1.82) is 0 Å². The molecule has 4 nitrogen and oxygen atoms in total. The SMILES string of the molecule is COc1ccc2ccnc(N(CCCN)C(C)C)c2c1. The lowest BCUT2D eigenvalue weighted by atomic mass is 10.1. The van der Waals surface area contributed by atoms with Crippen LogP contribution in [0.1, 0.15) is 20.3 Å². The summed E-state index contributed by atoms with van der Waals surface area (Å²) in [5.41, 5.74) is 5.65. The van der Waals surface area contributed by atoms with Crippen LogP contribution in [0, 0.1) is 0 Å². The smallest absolute Gasteiger partial charge is 0.136 e. The number of anilines is 1. The maximum atomic E-state index is 5.65. The quantitative estimate of drug-likeness (QED) is 0.879. The molecular weight excluding hydrogens is 250 g/mol. The molecule has 0 saturated carbocycles. The van der Waals surface area contributed by atoms with Crippen LogP contribution in [-0.2, 0) is 0 Å². The summed E-state index contributed by atoms with van der Waals surface area (Å²) >= 11 is 0. The Morgan fingerprint density at radius 3 is 2.75 bits per heavy atom. The molecule has 0 aliphatic carbocycles. The highest BCUT2D eigenvalue weighted by Crippen LogP contribution is 2.29. The molecule has 0 fully saturated rings. The topological polar surface area (TPSA) is 51.4 Å². The maximum absolute atomic E-state index is 5.65. The van der Waals surface area contributed by atoms with Gasteiger partial charge in [-0.1, -0.05) is 6.07 Å². The average molecular weight is 273 g/mol. The lowest BCUT2D eigenvalue weighted by Gasteiger charge is -2.29. The van der Waals surface area contributed by atoms with E-state index in [4.69, 9.17) is 10.5 Å². The first-order valence-electron chi connectivity index (χ1n) is 7.07. The van der Waals surface area contributed by atoms with E-state index in [1.807, 2.05) is 18.3 Å². The summed E-state index contributed by atoms with van der Waals surface area (Å²) in [6.45, 7) is 5.96. The molecular formula is C16H23N3O. The Labute approximate surface area is 120 Å². The summed E-state index contributed by atoms with van der Waals surface area (Å²) in [4.78, 5) is 6.89. The van der Waals surface area contributed by atoms with Crippen molar-refractivity contribution in [1.82, 2.24) is 4.98 Å². The number of pyridine rings is 1. The van der Waals surface area contributed by atoms with E-state index in [-0.39, 0.29) is 0 Å². The predicted octanol–water partition coefficient (Wildman–Crippen LogP) is 2.81. The van der Waals surface area contributed by atoms with Gasteiger partial charge in [-0.25, -0.2) is 4.98 Å². The molecule has 2 aromatic rings. The van der Waals surface area contributed by atoms with Crippen molar-refractivity contribution in [3.05, 3.63) is 30.5 Å². The molecule has 0 bridgehead atoms. The van der Waals surface area contributed by atoms with Gasteiger partial charge >= 0.3 is 0 Å². The number of ether oxygens (including phenoxy) is 1. The van der Waals surface area contributed by atoms with Crippen LogP contribution in [0.2, 0.25) is 0 Å². The summed E-state index contributed by atoms with van der Waals surface area (Å²) in [5, 5.41) is 2.30. The number of methoxy groups -OCH3 is 1. The number of aromatic nitrogens is 1. The molecule has 0 aliphatic rings. The summed E-state index contributed by atoms with van der Waals surface area (Å²) in [6.07, 6.45) is 2.82. The monoisotopic (exact) mass is 273 g/mol. The van der Waals surface area contributed by atoms with E-state index in [0.717, 1.165) is 29.9 Å². The average Bonchev–Trinajstić information content (AvgIpc) is 2.47. The number of nitrogens with zero attached hydrogens (tertiary/aromatic N) is 2. The standard InChI is InChI=1S/C16H23N3O/c1-12(2)19(10-4-8-17)16-15-11-14(20-3)6-5-13(15)7-9-18-16/h5-7,9,11-12H,4,8,10,17H2,1-3H3. The van der Waals surface area contributed by atoms with Gasteiger partial charge in [-0.3, -0.25) is 0 Å². The minimum atomic E-state index is 0.380. The predicted molar refractivity (Wildman–Crippen MR) is 84.4 cm³/mol. The van der Waals surface area contributed by atoms with Gasteiger partial charge in [0.15, 0.2) is 0 Å². The van der Waals surface area contributed by atoms with Gasteiger partial charge in [0.2, 0.25) is 0 Å². The van der Waals surface area contributed by atoms with Gasteiger partial charge in [0.1, 0.15) is 11.6 Å². The zero-order valence-corrected chi connectivity index (χ0v) is 12.5. The minimum absolute atomic E-state index is 0.380. The Balaban J connectivity index is 2.49. The van der Waals surface area contributed by atoms with Crippen molar-refractivity contribution < 1.29 is 4.74 Å². The molecule has 0 radical (unpaired) electrons. The van der Waals surface area contributed by atoms with E-state index in [1.165, 1.54) is 5.39 Å². The molecule has 2 N–H and O–H groups in total. The Bertz CT molecular complexity index is 569. The van der Waals surface area contributed by atoms with Crippen LogP contribution in [0.25, 0.3) is 10.8 Å². The van der Waals surface area contributed by atoms with Gasteiger partial charge in [0, 0.05) is 24.2 Å².